The van der Waals surface area contributed by atoms with Crippen molar-refractivity contribution in [1.82, 2.24) is 15.3 Å². The molecule has 0 bridgehead atoms. The maximum atomic E-state index is 13.1. The molecular weight excluding hydrogens is 457 g/mol. The Bertz CT molecular complexity index is 1260. The third-order valence-electron chi connectivity index (χ3n) is 6.51. The van der Waals surface area contributed by atoms with Gasteiger partial charge in [-0.2, -0.15) is 13.2 Å². The number of carbonyl (C=O) groups excluding carboxylic acids is 2. The maximum absolute atomic E-state index is 13.1. The summed E-state index contributed by atoms with van der Waals surface area (Å²) in [6, 6.07) is 14.2. The van der Waals surface area contributed by atoms with Crippen LogP contribution in [0.3, 0.4) is 0 Å². The molecule has 0 unspecified atom stereocenters. The fraction of sp³-hybridized carbons (Fsp3) is 0.308. The summed E-state index contributed by atoms with van der Waals surface area (Å²) >= 11 is 0. The quantitative estimate of drug-likeness (QED) is 0.608. The van der Waals surface area contributed by atoms with Crippen molar-refractivity contribution in [2.45, 2.75) is 37.9 Å². The summed E-state index contributed by atoms with van der Waals surface area (Å²) in [7, 11) is 0. The van der Waals surface area contributed by atoms with Crippen LogP contribution in [-0.2, 0) is 28.6 Å². The van der Waals surface area contributed by atoms with Crippen LogP contribution in [0.25, 0.3) is 11.4 Å². The van der Waals surface area contributed by atoms with Crippen molar-refractivity contribution in [3.63, 3.8) is 0 Å². The van der Waals surface area contributed by atoms with E-state index in [0.29, 0.717) is 25.1 Å². The van der Waals surface area contributed by atoms with Crippen molar-refractivity contribution in [2.75, 3.05) is 11.4 Å². The normalized spacial score (nSPS) is 20.0. The molecule has 9 heteroatoms. The molecule has 2 heterocycles. The lowest BCUT2D eigenvalue weighted by Gasteiger charge is -2.26. The van der Waals surface area contributed by atoms with E-state index < -0.39 is 17.7 Å². The number of aromatic nitrogens is 2. The van der Waals surface area contributed by atoms with Gasteiger partial charge in [0.15, 0.2) is 5.82 Å². The summed E-state index contributed by atoms with van der Waals surface area (Å²) < 4.78 is 39.2. The van der Waals surface area contributed by atoms with Crippen molar-refractivity contribution in [2.24, 2.45) is 5.92 Å². The Morgan fingerprint density at radius 2 is 1.86 bits per heavy atom. The van der Waals surface area contributed by atoms with Crippen LogP contribution in [0, 0.1) is 5.92 Å². The molecule has 2 aromatic carbocycles. The summed E-state index contributed by atoms with van der Waals surface area (Å²) in [5, 5.41) is 3.02. The highest BCUT2D eigenvalue weighted by atomic mass is 19.4. The van der Waals surface area contributed by atoms with Crippen molar-refractivity contribution in [1.29, 1.82) is 0 Å². The van der Waals surface area contributed by atoms with E-state index in [0.717, 1.165) is 29.0 Å². The number of nitrogens with zero attached hydrogens (tertiary/aromatic N) is 3. The highest BCUT2D eigenvalue weighted by Gasteiger charge is 2.37. The van der Waals surface area contributed by atoms with E-state index in [1.54, 1.807) is 6.20 Å². The van der Waals surface area contributed by atoms with Crippen LogP contribution >= 0.6 is 0 Å². The number of rotatable bonds is 4. The zero-order valence-corrected chi connectivity index (χ0v) is 18.8. The Morgan fingerprint density at radius 3 is 2.63 bits per heavy atom. The third kappa shape index (κ3) is 4.89. The van der Waals surface area contributed by atoms with Crippen molar-refractivity contribution in [3.05, 3.63) is 77.6 Å². The average Bonchev–Trinajstić information content (AvgIpc) is 3.25. The molecule has 3 aromatic rings. The van der Waals surface area contributed by atoms with Gasteiger partial charge in [0.05, 0.1) is 11.5 Å². The molecule has 180 valence electrons. The second-order valence-corrected chi connectivity index (χ2v) is 8.93. The summed E-state index contributed by atoms with van der Waals surface area (Å²) in [4.78, 5) is 35.8. The van der Waals surface area contributed by atoms with Crippen LogP contribution in [0.1, 0.15) is 29.7 Å². The molecule has 2 amide bonds. The van der Waals surface area contributed by atoms with Gasteiger partial charge in [-0.25, -0.2) is 9.97 Å². The molecule has 1 N–H and O–H groups in total. The standard InChI is InChI=1S/C26H23F3N4O2/c27-26(28,29)19-7-4-8-21(13-19)33-15-18(12-23(33)34)25(35)31-20-9-10-22-17(11-20)14-30-24(32-22)16-5-2-1-3-6-16/h1-8,13-14,18,20H,9-12,15H2,(H,31,35)/t18-,20-/m0/s1. The van der Waals surface area contributed by atoms with E-state index in [1.165, 1.54) is 17.0 Å². The van der Waals surface area contributed by atoms with Crippen LogP contribution < -0.4 is 10.2 Å². The van der Waals surface area contributed by atoms with Crippen LogP contribution in [-0.4, -0.2) is 34.4 Å². The van der Waals surface area contributed by atoms with Crippen LogP contribution in [0.15, 0.2) is 60.8 Å². The number of alkyl halides is 3. The lowest BCUT2D eigenvalue weighted by Crippen LogP contribution is -2.42. The first kappa shape index (κ1) is 23.0. The number of carbonyl (C=O) groups is 2. The molecule has 0 spiro atoms. The first-order chi connectivity index (χ1) is 16.8. The topological polar surface area (TPSA) is 75.2 Å². The lowest BCUT2D eigenvalue weighted by atomic mass is 9.92. The van der Waals surface area contributed by atoms with E-state index in [4.69, 9.17) is 4.98 Å². The second kappa shape index (κ2) is 9.13. The minimum atomic E-state index is -4.50. The molecule has 2 aliphatic rings. The molecule has 0 saturated carbocycles. The number of fused-ring (bicyclic) bond motifs is 1. The van der Waals surface area contributed by atoms with E-state index in [2.05, 4.69) is 10.3 Å². The smallest absolute Gasteiger partial charge is 0.353 e. The first-order valence-corrected chi connectivity index (χ1v) is 11.5. The molecular formula is C26H23F3N4O2. The molecule has 6 nitrogen and oxygen atoms in total. The Labute approximate surface area is 200 Å². The van der Waals surface area contributed by atoms with Gasteiger partial charge in [-0.05, 0) is 43.0 Å². The predicted molar refractivity (Wildman–Crippen MR) is 123 cm³/mol. The average molecular weight is 480 g/mol. The van der Waals surface area contributed by atoms with Gasteiger partial charge in [-0.15, -0.1) is 0 Å². The second-order valence-electron chi connectivity index (χ2n) is 8.93. The number of amides is 2. The Balaban J connectivity index is 1.22. The molecule has 1 fully saturated rings. The van der Waals surface area contributed by atoms with Gasteiger partial charge < -0.3 is 10.2 Å². The van der Waals surface area contributed by atoms with Crippen LogP contribution in [0.4, 0.5) is 18.9 Å². The number of hydrogen-bond acceptors (Lipinski definition) is 4. The van der Waals surface area contributed by atoms with Crippen LogP contribution in [0.2, 0.25) is 0 Å². The molecule has 1 aliphatic heterocycles. The van der Waals surface area contributed by atoms with Gasteiger partial charge in [0.2, 0.25) is 11.8 Å². The zero-order valence-electron chi connectivity index (χ0n) is 18.8. The van der Waals surface area contributed by atoms with E-state index in [1.807, 2.05) is 30.3 Å². The fourth-order valence-corrected chi connectivity index (χ4v) is 4.66. The predicted octanol–water partition coefficient (Wildman–Crippen LogP) is 4.19. The number of benzene rings is 2. The summed E-state index contributed by atoms with van der Waals surface area (Å²) in [6.07, 6.45) is -0.733. The highest BCUT2D eigenvalue weighted by molar-refractivity contribution is 6.00. The Hall–Kier alpha value is -3.75. The SMILES string of the molecule is O=C(N[C@H]1CCc2nc(-c3ccccc3)ncc2C1)[C@H]1CC(=O)N(c2cccc(C(F)(F)F)c2)C1. The monoisotopic (exact) mass is 480 g/mol. The summed E-state index contributed by atoms with van der Waals surface area (Å²) in [5.74, 6) is -0.565. The summed E-state index contributed by atoms with van der Waals surface area (Å²) in [6.45, 7) is 0.0544. The third-order valence-corrected chi connectivity index (χ3v) is 6.51. The van der Waals surface area contributed by atoms with Crippen LogP contribution in [0.5, 0.6) is 0 Å². The zero-order chi connectivity index (χ0) is 24.6. The van der Waals surface area contributed by atoms with Gasteiger partial charge in [-0.1, -0.05) is 36.4 Å². The van der Waals surface area contributed by atoms with Gasteiger partial charge >= 0.3 is 6.18 Å². The minimum absolute atomic E-state index is 0.0328. The van der Waals surface area contributed by atoms with E-state index in [9.17, 15) is 22.8 Å². The highest BCUT2D eigenvalue weighted by Crippen LogP contribution is 2.33. The minimum Gasteiger partial charge on any atom is -0.353 e. The summed E-state index contributed by atoms with van der Waals surface area (Å²) in [5.41, 5.74) is 2.22. The van der Waals surface area contributed by atoms with Gasteiger partial charge in [0.25, 0.3) is 0 Å². The molecule has 0 radical (unpaired) electrons. The Morgan fingerprint density at radius 1 is 1.06 bits per heavy atom. The number of nitrogens with one attached hydrogen (secondary N) is 1. The number of aryl methyl sites for hydroxylation is 1. The lowest BCUT2D eigenvalue weighted by molar-refractivity contribution is -0.137. The maximum Gasteiger partial charge on any atom is 0.416 e. The van der Waals surface area contributed by atoms with Crippen molar-refractivity contribution in [3.8, 4) is 11.4 Å². The van der Waals surface area contributed by atoms with Crippen molar-refractivity contribution < 1.29 is 22.8 Å². The molecule has 1 saturated heterocycles. The first-order valence-electron chi connectivity index (χ1n) is 11.5. The molecule has 35 heavy (non-hydrogen) atoms. The Kier molecular flexibility index (Phi) is 6.00. The van der Waals surface area contributed by atoms with Gasteiger partial charge in [0, 0.05) is 42.1 Å². The van der Waals surface area contributed by atoms with E-state index in [-0.39, 0.29) is 36.5 Å². The number of halogens is 3. The van der Waals surface area contributed by atoms with Gasteiger partial charge in [0.1, 0.15) is 0 Å². The largest absolute Gasteiger partial charge is 0.416 e. The number of anilines is 1. The number of hydrogen-bond donors (Lipinski definition) is 1. The molecule has 1 aromatic heterocycles. The van der Waals surface area contributed by atoms with Crippen molar-refractivity contribution >= 4 is 17.5 Å². The van der Waals surface area contributed by atoms with E-state index >= 15 is 0 Å². The molecule has 2 atom stereocenters. The van der Waals surface area contributed by atoms with Gasteiger partial charge in [-0.3, -0.25) is 9.59 Å². The fourth-order valence-electron chi connectivity index (χ4n) is 4.66. The molecule has 5 rings (SSSR count). The molecule has 1 aliphatic carbocycles.